The zero-order valence-corrected chi connectivity index (χ0v) is 14.4. The quantitative estimate of drug-likeness (QED) is 0.585. The lowest BCUT2D eigenvalue weighted by atomic mass is 10.3. The predicted molar refractivity (Wildman–Crippen MR) is 93.6 cm³/mol. The molecule has 0 fully saturated rings. The summed E-state index contributed by atoms with van der Waals surface area (Å²) in [6, 6.07) is 6.31. The molecule has 0 atom stereocenters. The second kappa shape index (κ2) is 8.24. The van der Waals surface area contributed by atoms with Gasteiger partial charge in [-0.2, -0.15) is 0 Å². The van der Waals surface area contributed by atoms with Crippen LogP contribution in [-0.2, 0) is 6.54 Å². The normalized spacial score (nSPS) is 10.6. The van der Waals surface area contributed by atoms with Gasteiger partial charge < -0.3 is 10.2 Å². The largest absolute Gasteiger partial charge is 0.370 e. The van der Waals surface area contributed by atoms with E-state index in [1.807, 2.05) is 12.3 Å². The first-order valence-corrected chi connectivity index (χ1v) is 9.31. The number of nitrogens with zero attached hydrogens (tertiary/aromatic N) is 3. The molecule has 0 aromatic carbocycles. The Morgan fingerprint density at radius 3 is 2.81 bits per heavy atom. The van der Waals surface area contributed by atoms with Crippen molar-refractivity contribution in [2.45, 2.75) is 32.0 Å². The van der Waals surface area contributed by atoms with E-state index in [1.165, 1.54) is 4.88 Å². The van der Waals surface area contributed by atoms with Gasteiger partial charge >= 0.3 is 0 Å². The number of thioether (sulfide) groups is 1. The van der Waals surface area contributed by atoms with Crippen molar-refractivity contribution in [3.8, 4) is 0 Å². The number of hydrogen-bond donors (Lipinski definition) is 1. The maximum absolute atomic E-state index is 4.65. The Labute approximate surface area is 135 Å². The van der Waals surface area contributed by atoms with Gasteiger partial charge in [-0.1, -0.05) is 24.8 Å². The number of aromatic nitrogens is 2. The summed E-state index contributed by atoms with van der Waals surface area (Å²) in [7, 11) is 0. The molecule has 2 heterocycles. The molecule has 0 bridgehead atoms. The van der Waals surface area contributed by atoms with E-state index in [4.69, 9.17) is 0 Å². The zero-order valence-electron chi connectivity index (χ0n) is 12.8. The van der Waals surface area contributed by atoms with Crippen molar-refractivity contribution in [2.24, 2.45) is 0 Å². The highest BCUT2D eigenvalue weighted by molar-refractivity contribution is 7.98. The highest BCUT2D eigenvalue weighted by Gasteiger charge is 2.11. The summed E-state index contributed by atoms with van der Waals surface area (Å²) in [4.78, 5) is 12.8. The molecule has 4 nitrogen and oxygen atoms in total. The van der Waals surface area contributed by atoms with Gasteiger partial charge in [0.05, 0.1) is 6.54 Å². The van der Waals surface area contributed by atoms with Crippen LogP contribution in [0.15, 0.2) is 28.7 Å². The SMILES string of the molecule is CCCNc1cc(N(CC)Cc2cccs2)nc(SC)n1. The van der Waals surface area contributed by atoms with Crippen LogP contribution in [0, 0.1) is 0 Å². The summed E-state index contributed by atoms with van der Waals surface area (Å²) < 4.78 is 0. The Kier molecular flexibility index (Phi) is 6.32. The molecule has 6 heteroatoms. The minimum absolute atomic E-state index is 0.815. The molecule has 0 spiro atoms. The van der Waals surface area contributed by atoms with E-state index in [0.29, 0.717) is 0 Å². The Bertz CT molecular complexity index is 543. The Balaban J connectivity index is 2.22. The average Bonchev–Trinajstić information content (AvgIpc) is 3.03. The molecular formula is C15H22N4S2. The highest BCUT2D eigenvalue weighted by atomic mass is 32.2. The summed E-state index contributed by atoms with van der Waals surface area (Å²) in [5.74, 6) is 1.90. The van der Waals surface area contributed by atoms with Crippen molar-refractivity contribution in [1.82, 2.24) is 9.97 Å². The Morgan fingerprint density at radius 1 is 1.33 bits per heavy atom. The second-order valence-corrected chi connectivity index (χ2v) is 6.42. The van der Waals surface area contributed by atoms with Gasteiger partial charge in [-0.3, -0.25) is 0 Å². The van der Waals surface area contributed by atoms with Gasteiger partial charge in [0.25, 0.3) is 0 Å². The van der Waals surface area contributed by atoms with Crippen molar-refractivity contribution in [3.05, 3.63) is 28.5 Å². The van der Waals surface area contributed by atoms with E-state index in [0.717, 1.165) is 42.8 Å². The van der Waals surface area contributed by atoms with Crippen LogP contribution in [0.5, 0.6) is 0 Å². The molecule has 0 saturated heterocycles. The maximum Gasteiger partial charge on any atom is 0.191 e. The topological polar surface area (TPSA) is 41.0 Å². The third-order valence-corrected chi connectivity index (χ3v) is 4.47. The number of thiophene rings is 1. The zero-order chi connectivity index (χ0) is 15.1. The number of rotatable bonds is 8. The first-order valence-electron chi connectivity index (χ1n) is 7.21. The predicted octanol–water partition coefficient (Wildman–Crippen LogP) is 4.11. The Hall–Kier alpha value is -1.27. The van der Waals surface area contributed by atoms with Crippen LogP contribution >= 0.6 is 23.1 Å². The molecule has 0 aliphatic carbocycles. The van der Waals surface area contributed by atoms with Gasteiger partial charge in [0.15, 0.2) is 5.16 Å². The monoisotopic (exact) mass is 322 g/mol. The number of nitrogens with one attached hydrogen (secondary N) is 1. The van der Waals surface area contributed by atoms with Crippen molar-refractivity contribution in [2.75, 3.05) is 29.6 Å². The van der Waals surface area contributed by atoms with Crippen LogP contribution in [-0.4, -0.2) is 29.3 Å². The molecule has 21 heavy (non-hydrogen) atoms. The maximum atomic E-state index is 4.65. The van der Waals surface area contributed by atoms with E-state index in [-0.39, 0.29) is 0 Å². The third kappa shape index (κ3) is 4.61. The molecule has 0 amide bonds. The first kappa shape index (κ1) is 16.1. The minimum atomic E-state index is 0.815. The smallest absolute Gasteiger partial charge is 0.191 e. The summed E-state index contributed by atoms with van der Waals surface area (Å²) >= 11 is 3.36. The van der Waals surface area contributed by atoms with E-state index in [1.54, 1.807) is 23.1 Å². The summed E-state index contributed by atoms with van der Waals surface area (Å²) in [5.41, 5.74) is 0. The molecule has 2 aromatic heterocycles. The van der Waals surface area contributed by atoms with Crippen LogP contribution in [0.3, 0.4) is 0 Å². The van der Waals surface area contributed by atoms with Gasteiger partial charge in [-0.15, -0.1) is 11.3 Å². The van der Waals surface area contributed by atoms with Gasteiger partial charge in [-0.25, -0.2) is 9.97 Å². The number of hydrogen-bond acceptors (Lipinski definition) is 6. The van der Waals surface area contributed by atoms with E-state index in [9.17, 15) is 0 Å². The van der Waals surface area contributed by atoms with E-state index >= 15 is 0 Å². The fourth-order valence-corrected chi connectivity index (χ4v) is 3.05. The van der Waals surface area contributed by atoms with Gasteiger partial charge in [0.1, 0.15) is 11.6 Å². The second-order valence-electron chi connectivity index (χ2n) is 4.62. The summed E-state index contributed by atoms with van der Waals surface area (Å²) in [6.45, 7) is 7.07. The molecule has 2 rings (SSSR count). The van der Waals surface area contributed by atoms with Crippen molar-refractivity contribution in [1.29, 1.82) is 0 Å². The van der Waals surface area contributed by atoms with Crippen LogP contribution in [0.2, 0.25) is 0 Å². The molecule has 0 saturated carbocycles. The minimum Gasteiger partial charge on any atom is -0.370 e. The molecule has 2 aromatic rings. The summed E-state index contributed by atoms with van der Waals surface area (Å²) in [5, 5.41) is 6.29. The van der Waals surface area contributed by atoms with Crippen molar-refractivity contribution < 1.29 is 0 Å². The molecule has 114 valence electrons. The summed E-state index contributed by atoms with van der Waals surface area (Å²) in [6.07, 6.45) is 3.10. The van der Waals surface area contributed by atoms with E-state index < -0.39 is 0 Å². The molecule has 1 N–H and O–H groups in total. The molecule has 0 radical (unpaired) electrons. The Morgan fingerprint density at radius 2 is 2.19 bits per heavy atom. The van der Waals surface area contributed by atoms with Crippen LogP contribution < -0.4 is 10.2 Å². The highest BCUT2D eigenvalue weighted by Crippen LogP contribution is 2.23. The van der Waals surface area contributed by atoms with Crippen molar-refractivity contribution >= 4 is 34.7 Å². The first-order chi connectivity index (χ1) is 10.3. The van der Waals surface area contributed by atoms with E-state index in [2.05, 4.69) is 51.5 Å². The lowest BCUT2D eigenvalue weighted by Crippen LogP contribution is -2.23. The third-order valence-electron chi connectivity index (χ3n) is 3.06. The molecule has 0 aliphatic heterocycles. The lowest BCUT2D eigenvalue weighted by molar-refractivity contribution is 0.799. The standard InChI is InChI=1S/C15H22N4S2/c1-4-8-16-13-10-14(18-15(17-13)20-3)19(5-2)11-12-7-6-9-21-12/h6-7,9-10H,4-5,8,11H2,1-3H3,(H,16,17,18). The molecule has 0 unspecified atom stereocenters. The van der Waals surface area contributed by atoms with Crippen molar-refractivity contribution in [3.63, 3.8) is 0 Å². The molecule has 0 aliphatic rings. The fraction of sp³-hybridized carbons (Fsp3) is 0.467. The van der Waals surface area contributed by atoms with Gasteiger partial charge in [0, 0.05) is 24.0 Å². The van der Waals surface area contributed by atoms with Crippen LogP contribution in [0.25, 0.3) is 0 Å². The van der Waals surface area contributed by atoms with Gasteiger partial charge in [0.2, 0.25) is 0 Å². The fourth-order valence-electron chi connectivity index (χ4n) is 1.96. The molecular weight excluding hydrogens is 300 g/mol. The van der Waals surface area contributed by atoms with Crippen LogP contribution in [0.1, 0.15) is 25.1 Å². The number of anilines is 2. The van der Waals surface area contributed by atoms with Crippen LogP contribution in [0.4, 0.5) is 11.6 Å². The average molecular weight is 323 g/mol. The lowest BCUT2D eigenvalue weighted by Gasteiger charge is -2.22. The van der Waals surface area contributed by atoms with Gasteiger partial charge in [-0.05, 0) is 31.0 Å².